The number of carbonyl (C=O) groups is 3. The summed E-state index contributed by atoms with van der Waals surface area (Å²) in [6, 6.07) is 4.68. The maximum absolute atomic E-state index is 11.7. The number of rotatable bonds is 5. The number of hydrogen-bond acceptors (Lipinski definition) is 5. The van der Waals surface area contributed by atoms with Gasteiger partial charge in [-0.25, -0.2) is 9.59 Å². The van der Waals surface area contributed by atoms with Crippen molar-refractivity contribution in [2.24, 2.45) is 0 Å². The molecule has 0 saturated carbocycles. The highest BCUT2D eigenvalue weighted by Gasteiger charge is 2.26. The molecule has 2 rings (SSSR count). The van der Waals surface area contributed by atoms with Gasteiger partial charge in [-0.05, 0) is 24.6 Å². The maximum atomic E-state index is 11.7. The van der Waals surface area contributed by atoms with E-state index in [9.17, 15) is 14.4 Å². The Morgan fingerprint density at radius 2 is 2.14 bits per heavy atom. The van der Waals surface area contributed by atoms with Crippen molar-refractivity contribution in [2.75, 3.05) is 26.3 Å². The van der Waals surface area contributed by atoms with Gasteiger partial charge in [-0.3, -0.25) is 9.69 Å². The average Bonchev–Trinajstić information content (AvgIpc) is 2.92. The van der Waals surface area contributed by atoms with Gasteiger partial charge in [-0.2, -0.15) is 0 Å². The summed E-state index contributed by atoms with van der Waals surface area (Å²) >= 11 is 5.93. The molecule has 1 heterocycles. The van der Waals surface area contributed by atoms with Gasteiger partial charge in [0.15, 0.2) is 13.2 Å². The van der Waals surface area contributed by atoms with Crippen molar-refractivity contribution in [1.29, 1.82) is 0 Å². The lowest BCUT2D eigenvalue weighted by Gasteiger charge is -2.12. The molecule has 3 amide bonds. The number of hydrogen-bond donors (Lipinski definition) is 1. The molecule has 7 nitrogen and oxygen atoms in total. The minimum absolute atomic E-state index is 0.268. The number of ether oxygens (including phenoxy) is 2. The van der Waals surface area contributed by atoms with Crippen LogP contribution in [0.3, 0.4) is 0 Å². The Morgan fingerprint density at radius 3 is 2.82 bits per heavy atom. The summed E-state index contributed by atoms with van der Waals surface area (Å²) in [5.74, 6) is -0.925. The van der Waals surface area contributed by atoms with Gasteiger partial charge in [0.1, 0.15) is 5.75 Å². The molecule has 0 aromatic heterocycles. The quantitative estimate of drug-likeness (QED) is 0.820. The van der Waals surface area contributed by atoms with Crippen LogP contribution in [0.4, 0.5) is 4.79 Å². The van der Waals surface area contributed by atoms with Crippen molar-refractivity contribution in [3.05, 3.63) is 28.8 Å². The summed E-state index contributed by atoms with van der Waals surface area (Å²) in [6.45, 7) is 1.65. The number of urea groups is 1. The minimum Gasteiger partial charge on any atom is -0.480 e. The minimum atomic E-state index is -0.717. The summed E-state index contributed by atoms with van der Waals surface area (Å²) in [7, 11) is 0. The predicted molar refractivity (Wildman–Crippen MR) is 77.8 cm³/mol. The molecule has 0 aliphatic carbocycles. The van der Waals surface area contributed by atoms with Crippen LogP contribution in [0.15, 0.2) is 18.2 Å². The van der Waals surface area contributed by atoms with Crippen LogP contribution in [0.25, 0.3) is 0 Å². The first-order chi connectivity index (χ1) is 10.5. The molecule has 1 aliphatic heterocycles. The SMILES string of the molecule is Cc1ccc(Cl)c(OCC(=O)OCC(=O)N2CCNC2=O)c1. The Kier molecular flexibility index (Phi) is 5.21. The Hall–Kier alpha value is -2.28. The van der Waals surface area contributed by atoms with Crippen LogP contribution in [-0.2, 0) is 14.3 Å². The molecule has 1 fully saturated rings. The first-order valence-corrected chi connectivity index (χ1v) is 6.98. The number of amides is 3. The van der Waals surface area contributed by atoms with Crippen LogP contribution in [0.2, 0.25) is 5.02 Å². The van der Waals surface area contributed by atoms with Crippen molar-refractivity contribution in [2.45, 2.75) is 6.92 Å². The fourth-order valence-corrected chi connectivity index (χ4v) is 2.00. The Morgan fingerprint density at radius 1 is 1.36 bits per heavy atom. The molecule has 1 N–H and O–H groups in total. The van der Waals surface area contributed by atoms with Crippen molar-refractivity contribution in [3.8, 4) is 5.75 Å². The number of carbonyl (C=O) groups excluding carboxylic acids is 3. The van der Waals surface area contributed by atoms with E-state index in [2.05, 4.69) is 5.32 Å². The highest BCUT2D eigenvalue weighted by molar-refractivity contribution is 6.32. The predicted octanol–water partition coefficient (Wildman–Crippen LogP) is 1.12. The number of benzene rings is 1. The molecule has 1 aromatic rings. The number of imide groups is 1. The summed E-state index contributed by atoms with van der Waals surface area (Å²) in [5.41, 5.74) is 0.933. The van der Waals surface area contributed by atoms with Gasteiger partial charge in [0, 0.05) is 13.1 Å². The number of nitrogens with zero attached hydrogens (tertiary/aromatic N) is 1. The lowest BCUT2D eigenvalue weighted by atomic mass is 10.2. The first kappa shape index (κ1) is 16.1. The highest BCUT2D eigenvalue weighted by atomic mass is 35.5. The molecule has 1 saturated heterocycles. The number of aryl methyl sites for hydroxylation is 1. The third-order valence-corrected chi connectivity index (χ3v) is 3.26. The Labute approximate surface area is 132 Å². The third-order valence-electron chi connectivity index (χ3n) is 2.95. The van der Waals surface area contributed by atoms with Crippen molar-refractivity contribution < 1.29 is 23.9 Å². The number of halogens is 1. The second-order valence-corrected chi connectivity index (χ2v) is 5.07. The van der Waals surface area contributed by atoms with Gasteiger partial charge < -0.3 is 14.8 Å². The molecule has 1 aromatic carbocycles. The Bertz CT molecular complexity index is 605. The molecule has 8 heteroatoms. The fraction of sp³-hybridized carbons (Fsp3) is 0.357. The fourth-order valence-electron chi connectivity index (χ4n) is 1.83. The molecule has 1 aliphatic rings. The summed E-state index contributed by atoms with van der Waals surface area (Å²) < 4.78 is 10.0. The van der Waals surface area contributed by atoms with E-state index in [1.54, 1.807) is 12.1 Å². The van der Waals surface area contributed by atoms with Gasteiger partial charge in [0.05, 0.1) is 5.02 Å². The van der Waals surface area contributed by atoms with Crippen molar-refractivity contribution >= 4 is 29.5 Å². The van der Waals surface area contributed by atoms with Crippen LogP contribution in [-0.4, -0.2) is 49.1 Å². The van der Waals surface area contributed by atoms with Crippen LogP contribution < -0.4 is 10.1 Å². The van der Waals surface area contributed by atoms with Crippen LogP contribution >= 0.6 is 11.6 Å². The zero-order chi connectivity index (χ0) is 16.1. The summed E-state index contributed by atoms with van der Waals surface area (Å²) in [4.78, 5) is 35.5. The van der Waals surface area contributed by atoms with Crippen molar-refractivity contribution in [3.63, 3.8) is 0 Å². The van der Waals surface area contributed by atoms with Gasteiger partial charge in [-0.1, -0.05) is 17.7 Å². The molecular formula is C14H15ClN2O5. The molecular weight excluding hydrogens is 312 g/mol. The molecule has 0 radical (unpaired) electrons. The summed E-state index contributed by atoms with van der Waals surface area (Å²) in [6.07, 6.45) is 0. The second kappa shape index (κ2) is 7.13. The Balaban J connectivity index is 1.77. The van der Waals surface area contributed by atoms with E-state index in [4.69, 9.17) is 21.1 Å². The zero-order valence-corrected chi connectivity index (χ0v) is 12.7. The third kappa shape index (κ3) is 4.11. The molecule has 0 atom stereocenters. The smallest absolute Gasteiger partial charge is 0.344 e. The van der Waals surface area contributed by atoms with Crippen LogP contribution in [0, 0.1) is 6.92 Å². The average molecular weight is 327 g/mol. The molecule has 0 spiro atoms. The lowest BCUT2D eigenvalue weighted by molar-refractivity contribution is -0.152. The van der Waals surface area contributed by atoms with E-state index in [1.165, 1.54) is 0 Å². The van der Waals surface area contributed by atoms with E-state index in [0.29, 0.717) is 17.3 Å². The van der Waals surface area contributed by atoms with E-state index in [1.807, 2.05) is 13.0 Å². The number of nitrogens with one attached hydrogen (secondary N) is 1. The molecule has 118 valence electrons. The standard InChI is InChI=1S/C14H15ClN2O5/c1-9-2-3-10(15)11(6-9)21-8-13(19)22-7-12(18)17-5-4-16-14(17)20/h2-3,6H,4-5,7-8H2,1H3,(H,16,20). The normalized spacial score (nSPS) is 13.7. The van der Waals surface area contributed by atoms with Gasteiger partial charge in [0.2, 0.25) is 0 Å². The lowest BCUT2D eigenvalue weighted by Crippen LogP contribution is -2.37. The molecule has 0 bridgehead atoms. The molecule has 0 unspecified atom stereocenters. The van der Waals surface area contributed by atoms with Crippen molar-refractivity contribution in [1.82, 2.24) is 10.2 Å². The van der Waals surface area contributed by atoms with E-state index >= 15 is 0 Å². The maximum Gasteiger partial charge on any atom is 0.344 e. The van der Waals surface area contributed by atoms with Crippen LogP contribution in [0.1, 0.15) is 5.56 Å². The van der Waals surface area contributed by atoms with E-state index in [-0.39, 0.29) is 13.2 Å². The van der Waals surface area contributed by atoms with Crippen LogP contribution in [0.5, 0.6) is 5.75 Å². The number of esters is 1. The largest absolute Gasteiger partial charge is 0.480 e. The summed E-state index contributed by atoms with van der Waals surface area (Å²) in [5, 5.41) is 2.86. The van der Waals surface area contributed by atoms with Gasteiger partial charge in [0.25, 0.3) is 5.91 Å². The zero-order valence-electron chi connectivity index (χ0n) is 11.9. The van der Waals surface area contributed by atoms with Gasteiger partial charge in [-0.15, -0.1) is 0 Å². The topological polar surface area (TPSA) is 84.9 Å². The second-order valence-electron chi connectivity index (χ2n) is 4.66. The monoisotopic (exact) mass is 326 g/mol. The van der Waals surface area contributed by atoms with E-state index in [0.717, 1.165) is 10.5 Å². The van der Waals surface area contributed by atoms with Gasteiger partial charge >= 0.3 is 12.0 Å². The first-order valence-electron chi connectivity index (χ1n) is 6.60. The highest BCUT2D eigenvalue weighted by Crippen LogP contribution is 2.25. The molecule has 22 heavy (non-hydrogen) atoms. The van der Waals surface area contributed by atoms with E-state index < -0.39 is 24.5 Å².